The summed E-state index contributed by atoms with van der Waals surface area (Å²) in [6.07, 6.45) is 4.29. The van der Waals surface area contributed by atoms with Gasteiger partial charge in [0.15, 0.2) is 0 Å². The summed E-state index contributed by atoms with van der Waals surface area (Å²) in [6.45, 7) is 2.59. The molecule has 0 saturated carbocycles. The monoisotopic (exact) mass is 232 g/mol. The van der Waals surface area contributed by atoms with Gasteiger partial charge in [-0.3, -0.25) is 4.79 Å². The van der Waals surface area contributed by atoms with Crippen LogP contribution >= 0.6 is 0 Å². The Morgan fingerprint density at radius 3 is 2.94 bits per heavy atom. The van der Waals surface area contributed by atoms with E-state index in [0.29, 0.717) is 6.54 Å². The maximum Gasteiger partial charge on any atom is 0.251 e. The van der Waals surface area contributed by atoms with E-state index in [2.05, 4.69) is 11.4 Å². The van der Waals surface area contributed by atoms with Gasteiger partial charge in [0.25, 0.3) is 5.91 Å². The number of amides is 1. The van der Waals surface area contributed by atoms with Crippen molar-refractivity contribution in [1.29, 1.82) is 0 Å². The molecule has 2 rings (SSSR count). The van der Waals surface area contributed by atoms with Crippen LogP contribution in [0, 0.1) is 0 Å². The summed E-state index contributed by atoms with van der Waals surface area (Å²) in [6, 6.07) is 6.19. The number of fused-ring (bicyclic) bond motifs is 1. The minimum Gasteiger partial charge on any atom is -0.350 e. The lowest BCUT2D eigenvalue weighted by atomic mass is 10.1. The summed E-state index contributed by atoms with van der Waals surface area (Å²) in [5.41, 5.74) is 8.98. The van der Waals surface area contributed by atoms with Crippen molar-refractivity contribution in [3.63, 3.8) is 0 Å². The second-order valence-electron chi connectivity index (χ2n) is 4.79. The van der Waals surface area contributed by atoms with Crippen LogP contribution < -0.4 is 11.1 Å². The van der Waals surface area contributed by atoms with Gasteiger partial charge < -0.3 is 11.1 Å². The van der Waals surface area contributed by atoms with E-state index in [0.717, 1.165) is 24.8 Å². The number of nitrogens with two attached hydrogens (primary N) is 1. The van der Waals surface area contributed by atoms with Gasteiger partial charge in [0.05, 0.1) is 0 Å². The number of nitrogens with one attached hydrogen (secondary N) is 1. The Labute approximate surface area is 102 Å². The van der Waals surface area contributed by atoms with Crippen molar-refractivity contribution < 1.29 is 4.79 Å². The predicted molar refractivity (Wildman–Crippen MR) is 69.1 cm³/mol. The van der Waals surface area contributed by atoms with E-state index in [9.17, 15) is 4.79 Å². The van der Waals surface area contributed by atoms with Gasteiger partial charge in [-0.1, -0.05) is 6.07 Å². The molecule has 0 saturated heterocycles. The van der Waals surface area contributed by atoms with E-state index < -0.39 is 0 Å². The zero-order valence-electron chi connectivity index (χ0n) is 10.3. The standard InChI is InChI=1S/C14H20N2O/c1-10(7-8-15)16-14(17)13-6-5-11-3-2-4-12(11)9-13/h5-6,9-10H,2-4,7-8,15H2,1H3,(H,16,17). The lowest BCUT2D eigenvalue weighted by Crippen LogP contribution is -2.34. The molecule has 3 heteroatoms. The summed E-state index contributed by atoms with van der Waals surface area (Å²) in [5.74, 6) is 0.0145. The molecular weight excluding hydrogens is 212 g/mol. The number of benzene rings is 1. The fourth-order valence-electron chi connectivity index (χ4n) is 2.34. The van der Waals surface area contributed by atoms with Crippen molar-refractivity contribution in [3.8, 4) is 0 Å². The first-order valence-corrected chi connectivity index (χ1v) is 6.33. The summed E-state index contributed by atoms with van der Waals surface area (Å²) >= 11 is 0. The zero-order valence-corrected chi connectivity index (χ0v) is 10.3. The molecule has 1 aromatic rings. The fourth-order valence-corrected chi connectivity index (χ4v) is 2.34. The van der Waals surface area contributed by atoms with Crippen LogP contribution in [0.5, 0.6) is 0 Å². The number of carbonyl (C=O) groups is 1. The third kappa shape index (κ3) is 2.86. The first kappa shape index (κ1) is 12.1. The smallest absolute Gasteiger partial charge is 0.251 e. The quantitative estimate of drug-likeness (QED) is 0.829. The van der Waals surface area contributed by atoms with Gasteiger partial charge in [-0.2, -0.15) is 0 Å². The maximum atomic E-state index is 12.0. The molecule has 0 bridgehead atoms. The largest absolute Gasteiger partial charge is 0.350 e. The van der Waals surface area contributed by atoms with Crippen molar-refractivity contribution in [2.24, 2.45) is 5.73 Å². The number of aryl methyl sites for hydroxylation is 2. The van der Waals surface area contributed by atoms with Crippen LogP contribution in [0.1, 0.15) is 41.3 Å². The van der Waals surface area contributed by atoms with Gasteiger partial charge >= 0.3 is 0 Å². The lowest BCUT2D eigenvalue weighted by molar-refractivity contribution is 0.0939. The van der Waals surface area contributed by atoms with Crippen LogP contribution in [-0.2, 0) is 12.8 Å². The predicted octanol–water partition coefficient (Wildman–Crippen LogP) is 1.64. The van der Waals surface area contributed by atoms with E-state index in [1.165, 1.54) is 17.5 Å². The summed E-state index contributed by atoms with van der Waals surface area (Å²) in [5, 5.41) is 2.97. The highest BCUT2D eigenvalue weighted by atomic mass is 16.1. The Bertz CT molecular complexity index is 415. The molecule has 3 N–H and O–H groups in total. The Balaban J connectivity index is 2.04. The third-order valence-corrected chi connectivity index (χ3v) is 3.34. The summed E-state index contributed by atoms with van der Waals surface area (Å²) in [4.78, 5) is 12.0. The number of hydrogen-bond acceptors (Lipinski definition) is 2. The minimum absolute atomic E-state index is 0.0145. The lowest BCUT2D eigenvalue weighted by Gasteiger charge is -2.13. The van der Waals surface area contributed by atoms with Crippen molar-refractivity contribution in [3.05, 3.63) is 34.9 Å². The van der Waals surface area contributed by atoms with E-state index in [1.807, 2.05) is 19.1 Å². The second kappa shape index (κ2) is 5.32. The van der Waals surface area contributed by atoms with Gasteiger partial charge in [0, 0.05) is 11.6 Å². The molecule has 1 aliphatic carbocycles. The molecule has 0 aliphatic heterocycles. The number of rotatable bonds is 4. The van der Waals surface area contributed by atoms with Crippen LogP contribution in [0.15, 0.2) is 18.2 Å². The van der Waals surface area contributed by atoms with E-state index in [1.54, 1.807) is 0 Å². The Kier molecular flexibility index (Phi) is 3.79. The summed E-state index contributed by atoms with van der Waals surface area (Å²) < 4.78 is 0. The molecule has 17 heavy (non-hydrogen) atoms. The molecule has 1 aliphatic rings. The Hall–Kier alpha value is -1.35. The van der Waals surface area contributed by atoms with Crippen molar-refractivity contribution in [1.82, 2.24) is 5.32 Å². The van der Waals surface area contributed by atoms with E-state index in [4.69, 9.17) is 5.73 Å². The maximum absolute atomic E-state index is 12.0. The van der Waals surface area contributed by atoms with Gasteiger partial charge in [0.2, 0.25) is 0 Å². The topological polar surface area (TPSA) is 55.1 Å². The average molecular weight is 232 g/mol. The highest BCUT2D eigenvalue weighted by molar-refractivity contribution is 5.94. The van der Waals surface area contributed by atoms with Crippen LogP contribution in [-0.4, -0.2) is 18.5 Å². The molecule has 0 heterocycles. The van der Waals surface area contributed by atoms with E-state index >= 15 is 0 Å². The molecule has 1 amide bonds. The number of carbonyl (C=O) groups excluding carboxylic acids is 1. The van der Waals surface area contributed by atoms with E-state index in [-0.39, 0.29) is 11.9 Å². The van der Waals surface area contributed by atoms with Gasteiger partial charge in [-0.05, 0) is 62.4 Å². The molecule has 1 unspecified atom stereocenters. The molecule has 1 atom stereocenters. The van der Waals surface area contributed by atoms with Crippen LogP contribution in [0.4, 0.5) is 0 Å². The highest BCUT2D eigenvalue weighted by Crippen LogP contribution is 2.22. The third-order valence-electron chi connectivity index (χ3n) is 3.34. The molecule has 92 valence electrons. The molecule has 3 nitrogen and oxygen atoms in total. The van der Waals surface area contributed by atoms with Crippen LogP contribution in [0.25, 0.3) is 0 Å². The highest BCUT2D eigenvalue weighted by Gasteiger charge is 2.14. The summed E-state index contributed by atoms with van der Waals surface area (Å²) in [7, 11) is 0. The van der Waals surface area contributed by atoms with Gasteiger partial charge in [0.1, 0.15) is 0 Å². The average Bonchev–Trinajstić information content (AvgIpc) is 2.75. The molecule has 0 radical (unpaired) electrons. The van der Waals surface area contributed by atoms with Gasteiger partial charge in [-0.25, -0.2) is 0 Å². The van der Waals surface area contributed by atoms with Crippen molar-refractivity contribution >= 4 is 5.91 Å². The molecule has 0 spiro atoms. The SMILES string of the molecule is CC(CCN)NC(=O)c1ccc2c(c1)CCC2. The Morgan fingerprint density at radius 1 is 1.41 bits per heavy atom. The molecule has 1 aromatic carbocycles. The van der Waals surface area contributed by atoms with Crippen molar-refractivity contribution in [2.75, 3.05) is 6.54 Å². The Morgan fingerprint density at radius 2 is 2.18 bits per heavy atom. The van der Waals surface area contributed by atoms with Crippen LogP contribution in [0.3, 0.4) is 0 Å². The van der Waals surface area contributed by atoms with Gasteiger partial charge in [-0.15, -0.1) is 0 Å². The number of hydrogen-bond donors (Lipinski definition) is 2. The second-order valence-corrected chi connectivity index (χ2v) is 4.79. The molecule has 0 aromatic heterocycles. The fraction of sp³-hybridized carbons (Fsp3) is 0.500. The van der Waals surface area contributed by atoms with Crippen LogP contribution in [0.2, 0.25) is 0 Å². The molecular formula is C14H20N2O. The first-order valence-electron chi connectivity index (χ1n) is 6.33. The minimum atomic E-state index is 0.0145. The first-order chi connectivity index (χ1) is 8.20. The normalized spacial score (nSPS) is 15.4. The molecule has 0 fully saturated rings. The zero-order chi connectivity index (χ0) is 12.3. The van der Waals surface area contributed by atoms with Crippen molar-refractivity contribution in [2.45, 2.75) is 38.6 Å².